The number of rotatable bonds is 5. The summed E-state index contributed by atoms with van der Waals surface area (Å²) in [5, 5.41) is 11.4. The number of morpholine rings is 1. The Morgan fingerprint density at radius 3 is 2.89 bits per heavy atom. The van der Waals surface area contributed by atoms with Crippen molar-refractivity contribution >= 4 is 16.0 Å². The van der Waals surface area contributed by atoms with Crippen molar-refractivity contribution in [2.45, 2.75) is 20.0 Å². The van der Waals surface area contributed by atoms with Crippen LogP contribution in [0.4, 0.5) is 0 Å². The molecular formula is C9H20N4O4S. The lowest BCUT2D eigenvalue weighted by atomic mass is 10.2. The maximum absolute atomic E-state index is 12.0. The number of hydrogen-bond donors (Lipinski definition) is 3. The van der Waals surface area contributed by atoms with Gasteiger partial charge in [-0.1, -0.05) is 19.0 Å². The molecule has 1 aliphatic rings. The first-order valence-corrected chi connectivity index (χ1v) is 7.14. The molecule has 9 heteroatoms. The highest BCUT2D eigenvalue weighted by Gasteiger charge is 2.31. The van der Waals surface area contributed by atoms with Gasteiger partial charge in [-0.2, -0.15) is 12.7 Å². The van der Waals surface area contributed by atoms with Gasteiger partial charge in [0, 0.05) is 19.6 Å². The second kappa shape index (κ2) is 6.32. The minimum Gasteiger partial charge on any atom is -0.409 e. The van der Waals surface area contributed by atoms with E-state index in [1.165, 1.54) is 4.31 Å². The summed E-state index contributed by atoms with van der Waals surface area (Å²) >= 11 is 0. The van der Waals surface area contributed by atoms with Crippen LogP contribution in [0.5, 0.6) is 0 Å². The third-order valence-corrected chi connectivity index (χ3v) is 4.03. The Morgan fingerprint density at radius 2 is 2.33 bits per heavy atom. The first-order chi connectivity index (χ1) is 8.36. The molecule has 4 N–H and O–H groups in total. The molecule has 0 saturated carbocycles. The summed E-state index contributed by atoms with van der Waals surface area (Å²) in [6.45, 7) is 4.71. The fourth-order valence-electron chi connectivity index (χ4n) is 1.45. The molecule has 0 aromatic heterocycles. The van der Waals surface area contributed by atoms with Gasteiger partial charge in [0.1, 0.15) is 6.10 Å². The maximum atomic E-state index is 12.0. The fourth-order valence-corrected chi connectivity index (χ4v) is 2.82. The molecular weight excluding hydrogens is 260 g/mol. The largest absolute Gasteiger partial charge is 0.409 e. The van der Waals surface area contributed by atoms with Crippen molar-refractivity contribution in [1.29, 1.82) is 0 Å². The Hall–Kier alpha value is -0.900. The number of amidine groups is 1. The molecule has 8 nitrogen and oxygen atoms in total. The molecule has 0 aromatic rings. The normalized spacial score (nSPS) is 23.5. The SMILES string of the molecule is CC(C)CNS(=O)(=O)N1CCOC(C(N)=NO)C1. The standard InChI is InChI=1S/C9H20N4O4S/c1-7(2)5-11-18(15,16)13-3-4-17-8(6-13)9(10)12-14/h7-8,11,14H,3-6H2,1-2H3,(H2,10,12). The van der Waals surface area contributed by atoms with Crippen molar-refractivity contribution in [3.63, 3.8) is 0 Å². The van der Waals surface area contributed by atoms with Gasteiger partial charge in [0.25, 0.3) is 10.2 Å². The van der Waals surface area contributed by atoms with E-state index in [1.807, 2.05) is 13.8 Å². The molecule has 0 bridgehead atoms. The number of oxime groups is 1. The lowest BCUT2D eigenvalue weighted by Crippen LogP contribution is -2.53. The predicted octanol–water partition coefficient (Wildman–Crippen LogP) is -1.08. The zero-order chi connectivity index (χ0) is 13.8. The number of ether oxygens (including phenoxy) is 1. The minimum atomic E-state index is -3.54. The van der Waals surface area contributed by atoms with Gasteiger partial charge in [0.05, 0.1) is 6.61 Å². The molecule has 1 rings (SSSR count). The summed E-state index contributed by atoms with van der Waals surface area (Å²) in [7, 11) is -3.54. The highest BCUT2D eigenvalue weighted by atomic mass is 32.2. The average Bonchev–Trinajstić information content (AvgIpc) is 2.35. The first-order valence-electron chi connectivity index (χ1n) is 5.70. The quantitative estimate of drug-likeness (QED) is 0.256. The van der Waals surface area contributed by atoms with Crippen molar-refractivity contribution < 1.29 is 18.4 Å². The second-order valence-electron chi connectivity index (χ2n) is 4.49. The van der Waals surface area contributed by atoms with Crippen LogP contribution in [-0.2, 0) is 14.9 Å². The molecule has 0 radical (unpaired) electrons. The highest BCUT2D eigenvalue weighted by molar-refractivity contribution is 7.87. The van der Waals surface area contributed by atoms with Gasteiger partial charge >= 0.3 is 0 Å². The van der Waals surface area contributed by atoms with Crippen LogP contribution in [0.2, 0.25) is 0 Å². The van der Waals surface area contributed by atoms with Crippen LogP contribution in [0.3, 0.4) is 0 Å². The van der Waals surface area contributed by atoms with E-state index in [0.717, 1.165) is 0 Å². The number of nitrogens with two attached hydrogens (primary N) is 1. The van der Waals surface area contributed by atoms with E-state index in [0.29, 0.717) is 6.54 Å². The summed E-state index contributed by atoms with van der Waals surface area (Å²) in [6, 6.07) is 0. The molecule has 1 saturated heterocycles. The fraction of sp³-hybridized carbons (Fsp3) is 0.889. The third-order valence-electron chi connectivity index (χ3n) is 2.49. The monoisotopic (exact) mass is 280 g/mol. The zero-order valence-electron chi connectivity index (χ0n) is 10.5. The summed E-state index contributed by atoms with van der Waals surface area (Å²) < 4.78 is 32.9. The molecule has 0 amide bonds. The van der Waals surface area contributed by atoms with E-state index < -0.39 is 16.3 Å². The van der Waals surface area contributed by atoms with Crippen molar-refractivity contribution in [3.8, 4) is 0 Å². The Morgan fingerprint density at radius 1 is 1.67 bits per heavy atom. The maximum Gasteiger partial charge on any atom is 0.279 e. The van der Waals surface area contributed by atoms with Gasteiger partial charge in [0.2, 0.25) is 0 Å². The molecule has 1 fully saturated rings. The number of nitrogens with zero attached hydrogens (tertiary/aromatic N) is 2. The topological polar surface area (TPSA) is 117 Å². The molecule has 1 aliphatic heterocycles. The van der Waals surface area contributed by atoms with E-state index >= 15 is 0 Å². The summed E-state index contributed by atoms with van der Waals surface area (Å²) in [5.74, 6) is 0.0967. The van der Waals surface area contributed by atoms with Crippen molar-refractivity contribution in [2.24, 2.45) is 16.8 Å². The molecule has 106 valence electrons. The zero-order valence-corrected chi connectivity index (χ0v) is 11.4. The first kappa shape index (κ1) is 15.2. The van der Waals surface area contributed by atoms with Crippen molar-refractivity contribution in [1.82, 2.24) is 9.03 Å². The number of hydrogen-bond acceptors (Lipinski definition) is 5. The molecule has 0 spiro atoms. The summed E-state index contributed by atoms with van der Waals surface area (Å²) in [6.07, 6.45) is -0.709. The van der Waals surface area contributed by atoms with Gasteiger partial charge in [-0.05, 0) is 5.92 Å². The average molecular weight is 280 g/mol. The number of nitrogens with one attached hydrogen (secondary N) is 1. The molecule has 1 atom stereocenters. The Labute approximate surface area is 107 Å². The van der Waals surface area contributed by atoms with Gasteiger partial charge in [-0.15, -0.1) is 0 Å². The summed E-state index contributed by atoms with van der Waals surface area (Å²) in [4.78, 5) is 0. The van der Waals surface area contributed by atoms with Crippen LogP contribution in [0, 0.1) is 5.92 Å². The molecule has 0 aliphatic carbocycles. The van der Waals surface area contributed by atoms with E-state index in [2.05, 4.69) is 9.88 Å². The van der Waals surface area contributed by atoms with Gasteiger partial charge in [0.15, 0.2) is 5.84 Å². The smallest absolute Gasteiger partial charge is 0.279 e. The molecule has 18 heavy (non-hydrogen) atoms. The van der Waals surface area contributed by atoms with E-state index in [1.54, 1.807) is 0 Å². The van der Waals surface area contributed by atoms with Crippen LogP contribution in [0.1, 0.15) is 13.8 Å². The van der Waals surface area contributed by atoms with E-state index in [9.17, 15) is 8.42 Å². The molecule has 1 heterocycles. The van der Waals surface area contributed by atoms with Crippen molar-refractivity contribution in [2.75, 3.05) is 26.2 Å². The van der Waals surface area contributed by atoms with Gasteiger partial charge in [-0.3, -0.25) is 0 Å². The second-order valence-corrected chi connectivity index (χ2v) is 6.24. The predicted molar refractivity (Wildman–Crippen MR) is 66.5 cm³/mol. The highest BCUT2D eigenvalue weighted by Crippen LogP contribution is 2.09. The lowest BCUT2D eigenvalue weighted by Gasteiger charge is -2.31. The van der Waals surface area contributed by atoms with Crippen LogP contribution in [-0.4, -0.2) is 56.1 Å². The summed E-state index contributed by atoms with van der Waals surface area (Å²) in [5.41, 5.74) is 5.41. The molecule has 1 unspecified atom stereocenters. The van der Waals surface area contributed by atoms with Crippen LogP contribution >= 0.6 is 0 Å². The van der Waals surface area contributed by atoms with Crippen LogP contribution < -0.4 is 10.5 Å². The Balaban J connectivity index is 2.65. The van der Waals surface area contributed by atoms with Gasteiger partial charge in [-0.25, -0.2) is 4.72 Å². The minimum absolute atomic E-state index is 0.0450. The van der Waals surface area contributed by atoms with Gasteiger partial charge < -0.3 is 15.7 Å². The Kier molecular flexibility index (Phi) is 5.32. The van der Waals surface area contributed by atoms with E-state index in [-0.39, 0.29) is 31.4 Å². The lowest BCUT2D eigenvalue weighted by molar-refractivity contribution is 0.0350. The van der Waals surface area contributed by atoms with E-state index in [4.69, 9.17) is 15.7 Å². The molecule has 0 aromatic carbocycles. The van der Waals surface area contributed by atoms with Crippen LogP contribution in [0.15, 0.2) is 5.16 Å². The Bertz CT molecular complexity index is 395. The third kappa shape index (κ3) is 4.09. The van der Waals surface area contributed by atoms with Crippen LogP contribution in [0.25, 0.3) is 0 Å². The van der Waals surface area contributed by atoms with Crippen molar-refractivity contribution in [3.05, 3.63) is 0 Å².